The van der Waals surface area contributed by atoms with Gasteiger partial charge in [0.1, 0.15) is 6.54 Å². The highest BCUT2D eigenvalue weighted by atomic mass is 16.4. The Bertz CT molecular complexity index is 803. The molecule has 148 valence electrons. The van der Waals surface area contributed by atoms with Crippen molar-refractivity contribution in [2.24, 2.45) is 5.92 Å². The summed E-state index contributed by atoms with van der Waals surface area (Å²) in [4.78, 5) is 35.1. The van der Waals surface area contributed by atoms with E-state index in [4.69, 9.17) is 5.11 Å². The summed E-state index contributed by atoms with van der Waals surface area (Å²) in [5.41, 5.74) is 2.38. The van der Waals surface area contributed by atoms with E-state index in [-0.39, 0.29) is 30.1 Å². The van der Waals surface area contributed by atoms with Gasteiger partial charge in [-0.1, -0.05) is 62.7 Å². The van der Waals surface area contributed by atoms with Gasteiger partial charge in [-0.05, 0) is 29.2 Å². The van der Waals surface area contributed by atoms with E-state index in [0.29, 0.717) is 5.69 Å². The molecule has 0 aliphatic carbocycles. The molecule has 0 bridgehead atoms. The smallest absolute Gasteiger partial charge is 0.322 e. The van der Waals surface area contributed by atoms with Crippen LogP contribution in [-0.4, -0.2) is 29.4 Å². The van der Waals surface area contributed by atoms with Gasteiger partial charge in [0, 0.05) is 5.69 Å². The van der Waals surface area contributed by atoms with Crippen LogP contribution in [0.2, 0.25) is 0 Å². The average molecular weight is 382 g/mol. The summed E-state index contributed by atoms with van der Waals surface area (Å²) in [6.07, 6.45) is 0.971. The van der Waals surface area contributed by atoms with Gasteiger partial charge in [0.2, 0.25) is 11.8 Å². The van der Waals surface area contributed by atoms with Gasteiger partial charge < -0.3 is 15.7 Å². The van der Waals surface area contributed by atoms with Gasteiger partial charge in [-0.2, -0.15) is 0 Å². The Kier molecular flexibility index (Phi) is 7.75. The third kappa shape index (κ3) is 6.23. The van der Waals surface area contributed by atoms with Gasteiger partial charge in [-0.25, -0.2) is 0 Å². The monoisotopic (exact) mass is 382 g/mol. The van der Waals surface area contributed by atoms with Crippen molar-refractivity contribution in [1.82, 2.24) is 5.32 Å². The van der Waals surface area contributed by atoms with Crippen LogP contribution < -0.4 is 10.6 Å². The molecule has 2 aromatic rings. The molecule has 2 unspecified atom stereocenters. The lowest BCUT2D eigenvalue weighted by Crippen LogP contribution is -2.30. The minimum absolute atomic E-state index is 0.0625. The van der Waals surface area contributed by atoms with Crippen LogP contribution in [0.5, 0.6) is 0 Å². The Hall–Kier alpha value is -3.15. The maximum atomic E-state index is 12.9. The zero-order chi connectivity index (χ0) is 20.5. The first-order chi connectivity index (χ1) is 13.4. The maximum Gasteiger partial charge on any atom is 0.322 e. The Morgan fingerprint density at radius 3 is 2.21 bits per heavy atom. The van der Waals surface area contributed by atoms with Gasteiger partial charge in [-0.15, -0.1) is 0 Å². The van der Waals surface area contributed by atoms with Crippen molar-refractivity contribution in [1.29, 1.82) is 0 Å². The fourth-order valence-corrected chi connectivity index (χ4v) is 2.98. The van der Waals surface area contributed by atoms with Crippen LogP contribution in [0.3, 0.4) is 0 Å². The molecule has 2 rings (SSSR count). The number of hydrogen-bond donors (Lipinski definition) is 3. The Labute approximate surface area is 165 Å². The molecule has 6 nitrogen and oxygen atoms in total. The molecule has 0 aliphatic rings. The van der Waals surface area contributed by atoms with E-state index in [1.165, 1.54) is 0 Å². The molecule has 0 saturated carbocycles. The van der Waals surface area contributed by atoms with E-state index < -0.39 is 12.5 Å². The number of nitrogens with one attached hydrogen (secondary N) is 2. The number of anilines is 1. The molecule has 0 aromatic heterocycles. The van der Waals surface area contributed by atoms with Crippen molar-refractivity contribution >= 4 is 23.5 Å². The standard InChI is InChI=1S/C22H26N2O4/c1-3-15(2)21(17-7-5-4-6-8-17)22(28)24-18-11-9-16(10-12-18)13-19(25)23-14-20(26)27/h4-12,15,21H,3,13-14H2,1-2H3,(H,23,25)(H,24,28)(H,26,27). The first kappa shape index (κ1) is 21.2. The second kappa shape index (κ2) is 10.3. The molecule has 6 heteroatoms. The Balaban J connectivity index is 2.02. The number of carboxylic acid groups (broad SMARTS) is 1. The SMILES string of the molecule is CCC(C)C(C(=O)Nc1ccc(CC(=O)NCC(=O)O)cc1)c1ccccc1. The number of carbonyl (C=O) groups excluding carboxylic acids is 2. The number of aliphatic carboxylic acids is 1. The summed E-state index contributed by atoms with van der Waals surface area (Å²) in [6, 6.07) is 16.7. The molecule has 0 heterocycles. The predicted octanol–water partition coefficient (Wildman–Crippen LogP) is 3.20. The molecular formula is C22H26N2O4. The lowest BCUT2D eigenvalue weighted by atomic mass is 9.85. The number of benzene rings is 2. The van der Waals surface area contributed by atoms with Crippen molar-refractivity contribution in [3.63, 3.8) is 0 Å². The molecule has 2 amide bonds. The minimum atomic E-state index is -1.08. The van der Waals surface area contributed by atoms with Crippen LogP contribution in [0.15, 0.2) is 54.6 Å². The van der Waals surface area contributed by atoms with Gasteiger partial charge in [0.05, 0.1) is 12.3 Å². The normalized spacial score (nSPS) is 12.6. The second-order valence-electron chi connectivity index (χ2n) is 6.81. The Morgan fingerprint density at radius 1 is 1.00 bits per heavy atom. The highest BCUT2D eigenvalue weighted by molar-refractivity contribution is 5.96. The first-order valence-electron chi connectivity index (χ1n) is 9.34. The molecule has 28 heavy (non-hydrogen) atoms. The van der Waals surface area contributed by atoms with Crippen LogP contribution in [0, 0.1) is 5.92 Å². The summed E-state index contributed by atoms with van der Waals surface area (Å²) >= 11 is 0. The lowest BCUT2D eigenvalue weighted by Gasteiger charge is -2.23. The third-order valence-corrected chi connectivity index (χ3v) is 4.68. The Morgan fingerprint density at radius 2 is 1.64 bits per heavy atom. The predicted molar refractivity (Wildman–Crippen MR) is 108 cm³/mol. The molecule has 0 radical (unpaired) electrons. The molecule has 0 spiro atoms. The summed E-state index contributed by atoms with van der Waals surface area (Å²) < 4.78 is 0. The molecule has 0 fully saturated rings. The van der Waals surface area contributed by atoms with Crippen LogP contribution in [0.1, 0.15) is 37.3 Å². The third-order valence-electron chi connectivity index (χ3n) is 4.68. The van der Waals surface area contributed by atoms with Gasteiger partial charge in [0.15, 0.2) is 0 Å². The van der Waals surface area contributed by atoms with Crippen molar-refractivity contribution < 1.29 is 19.5 Å². The van der Waals surface area contributed by atoms with Crippen molar-refractivity contribution in [2.45, 2.75) is 32.6 Å². The quantitative estimate of drug-likeness (QED) is 0.621. The van der Waals surface area contributed by atoms with Crippen molar-refractivity contribution in [3.05, 3.63) is 65.7 Å². The largest absolute Gasteiger partial charge is 0.480 e. The summed E-state index contributed by atoms with van der Waals surface area (Å²) in [5.74, 6) is -1.56. The number of carboxylic acids is 1. The highest BCUT2D eigenvalue weighted by Crippen LogP contribution is 2.28. The molecule has 3 N–H and O–H groups in total. The highest BCUT2D eigenvalue weighted by Gasteiger charge is 2.25. The average Bonchev–Trinajstić information content (AvgIpc) is 2.68. The van der Waals surface area contributed by atoms with Crippen molar-refractivity contribution in [3.8, 4) is 0 Å². The maximum absolute atomic E-state index is 12.9. The molecule has 2 aromatic carbocycles. The van der Waals surface area contributed by atoms with Crippen molar-refractivity contribution in [2.75, 3.05) is 11.9 Å². The van der Waals surface area contributed by atoms with Gasteiger partial charge >= 0.3 is 5.97 Å². The van der Waals surface area contributed by atoms with E-state index in [2.05, 4.69) is 24.5 Å². The molecule has 0 aliphatic heterocycles. The number of rotatable bonds is 9. The van der Waals surface area contributed by atoms with Crippen LogP contribution in [-0.2, 0) is 20.8 Å². The molecule has 0 saturated heterocycles. The zero-order valence-electron chi connectivity index (χ0n) is 16.1. The summed E-state index contributed by atoms with van der Waals surface area (Å²) in [5, 5.41) is 13.9. The minimum Gasteiger partial charge on any atom is -0.480 e. The first-order valence-corrected chi connectivity index (χ1v) is 9.34. The van der Waals surface area contributed by atoms with Crippen LogP contribution >= 0.6 is 0 Å². The fraction of sp³-hybridized carbons (Fsp3) is 0.318. The fourth-order valence-electron chi connectivity index (χ4n) is 2.98. The van der Waals surface area contributed by atoms with E-state index in [1.54, 1.807) is 24.3 Å². The van der Waals surface area contributed by atoms with E-state index >= 15 is 0 Å². The van der Waals surface area contributed by atoms with E-state index in [1.807, 2.05) is 30.3 Å². The number of hydrogen-bond acceptors (Lipinski definition) is 3. The molecule has 2 atom stereocenters. The van der Waals surface area contributed by atoms with E-state index in [9.17, 15) is 14.4 Å². The summed E-state index contributed by atoms with van der Waals surface area (Å²) in [6.45, 7) is 3.73. The van der Waals surface area contributed by atoms with E-state index in [0.717, 1.165) is 17.5 Å². The van der Waals surface area contributed by atoms with Crippen LogP contribution in [0.25, 0.3) is 0 Å². The number of carbonyl (C=O) groups is 3. The summed E-state index contributed by atoms with van der Waals surface area (Å²) in [7, 11) is 0. The number of amides is 2. The van der Waals surface area contributed by atoms with Gasteiger partial charge in [-0.3, -0.25) is 14.4 Å². The van der Waals surface area contributed by atoms with Gasteiger partial charge in [0.25, 0.3) is 0 Å². The zero-order valence-corrected chi connectivity index (χ0v) is 16.1. The topological polar surface area (TPSA) is 95.5 Å². The van der Waals surface area contributed by atoms with Crippen LogP contribution in [0.4, 0.5) is 5.69 Å². The lowest BCUT2D eigenvalue weighted by molar-refractivity contribution is -0.137. The molecular weight excluding hydrogens is 356 g/mol. The second-order valence-corrected chi connectivity index (χ2v) is 6.81.